The molecular weight excluding hydrogens is 498 g/mol. The fourth-order valence-corrected chi connectivity index (χ4v) is 4.95. The van der Waals surface area contributed by atoms with Crippen LogP contribution in [-0.4, -0.2) is 42.0 Å². The number of hydrogen-bond donors (Lipinski definition) is 1. The van der Waals surface area contributed by atoms with Crippen LogP contribution in [0, 0.1) is 0 Å². The van der Waals surface area contributed by atoms with Crippen molar-refractivity contribution in [2.75, 3.05) is 20.3 Å². The third-order valence-electron chi connectivity index (χ3n) is 6.12. The topological polar surface area (TPSA) is 80.0 Å². The van der Waals surface area contributed by atoms with Crippen LogP contribution in [0.5, 0.6) is 0 Å². The molecule has 0 bridgehead atoms. The van der Waals surface area contributed by atoms with E-state index in [1.807, 2.05) is 54.6 Å². The molecule has 0 radical (unpaired) electrons. The Balaban J connectivity index is 1.64. The van der Waals surface area contributed by atoms with Crippen LogP contribution in [0.3, 0.4) is 0 Å². The van der Waals surface area contributed by atoms with Gasteiger partial charge in [-0.3, -0.25) is 9.59 Å². The standard InChI is InChI=1S/C27H22BrNO5/c1-33-13-5-12-29-24(20-9-4-7-16-6-2-3-8-19(16)20)23(26(31)27(29)32)25(30)22-15-17-14-18(28)10-11-21(17)34-22/h2-4,6-11,14-15,24,31H,5,12-13H2,1H3. The Morgan fingerprint density at radius 1 is 1.09 bits per heavy atom. The molecule has 0 spiro atoms. The Morgan fingerprint density at radius 3 is 2.71 bits per heavy atom. The summed E-state index contributed by atoms with van der Waals surface area (Å²) in [5, 5.41) is 13.6. The van der Waals surface area contributed by atoms with Crippen molar-refractivity contribution in [1.82, 2.24) is 4.90 Å². The summed E-state index contributed by atoms with van der Waals surface area (Å²) in [5.74, 6) is -1.55. The van der Waals surface area contributed by atoms with Gasteiger partial charge in [-0.2, -0.15) is 0 Å². The summed E-state index contributed by atoms with van der Waals surface area (Å²) in [5.41, 5.74) is 1.35. The Labute approximate surface area is 204 Å². The van der Waals surface area contributed by atoms with E-state index in [0.29, 0.717) is 25.2 Å². The predicted molar refractivity (Wildman–Crippen MR) is 133 cm³/mol. The molecule has 1 aliphatic rings. The van der Waals surface area contributed by atoms with Crippen molar-refractivity contribution in [3.63, 3.8) is 0 Å². The van der Waals surface area contributed by atoms with Crippen LogP contribution < -0.4 is 0 Å². The van der Waals surface area contributed by atoms with Crippen molar-refractivity contribution in [2.24, 2.45) is 0 Å². The maximum atomic E-state index is 13.7. The number of methoxy groups -OCH3 is 1. The molecule has 1 atom stereocenters. The van der Waals surface area contributed by atoms with Gasteiger partial charge >= 0.3 is 0 Å². The van der Waals surface area contributed by atoms with E-state index >= 15 is 0 Å². The number of amides is 1. The first-order valence-electron chi connectivity index (χ1n) is 10.9. The van der Waals surface area contributed by atoms with E-state index in [2.05, 4.69) is 15.9 Å². The summed E-state index contributed by atoms with van der Waals surface area (Å²) < 4.78 is 11.8. The third-order valence-corrected chi connectivity index (χ3v) is 6.61. The first kappa shape index (κ1) is 22.4. The van der Waals surface area contributed by atoms with Gasteiger partial charge in [0.15, 0.2) is 11.5 Å². The number of carbonyl (C=O) groups excluding carboxylic acids is 2. The number of aliphatic hydroxyl groups is 1. The number of ether oxygens (including phenoxy) is 1. The molecule has 172 valence electrons. The van der Waals surface area contributed by atoms with Crippen LogP contribution in [0.4, 0.5) is 0 Å². The average Bonchev–Trinajstić information content (AvgIpc) is 3.37. The van der Waals surface area contributed by atoms with Crippen LogP contribution in [0.1, 0.15) is 28.6 Å². The van der Waals surface area contributed by atoms with Crippen molar-refractivity contribution in [3.05, 3.63) is 93.9 Å². The van der Waals surface area contributed by atoms with Crippen molar-refractivity contribution < 1.29 is 23.8 Å². The van der Waals surface area contributed by atoms with Gasteiger partial charge in [0.25, 0.3) is 5.91 Å². The minimum Gasteiger partial charge on any atom is -0.503 e. The van der Waals surface area contributed by atoms with E-state index < -0.39 is 23.5 Å². The van der Waals surface area contributed by atoms with E-state index in [9.17, 15) is 14.7 Å². The molecule has 1 amide bonds. The van der Waals surface area contributed by atoms with Crippen molar-refractivity contribution >= 4 is 49.4 Å². The van der Waals surface area contributed by atoms with Crippen molar-refractivity contribution in [2.45, 2.75) is 12.5 Å². The van der Waals surface area contributed by atoms with E-state index in [0.717, 1.165) is 26.2 Å². The average molecular weight is 520 g/mol. The number of hydrogen-bond acceptors (Lipinski definition) is 5. The first-order valence-corrected chi connectivity index (χ1v) is 11.7. The third kappa shape index (κ3) is 3.81. The number of fused-ring (bicyclic) bond motifs is 2. The highest BCUT2D eigenvalue weighted by molar-refractivity contribution is 9.10. The number of ketones is 1. The normalized spacial score (nSPS) is 16.2. The van der Waals surface area contributed by atoms with E-state index in [1.165, 1.54) is 0 Å². The largest absolute Gasteiger partial charge is 0.503 e. The smallest absolute Gasteiger partial charge is 0.290 e. The number of halogens is 1. The number of benzene rings is 3. The molecule has 1 unspecified atom stereocenters. The highest BCUT2D eigenvalue weighted by atomic mass is 79.9. The lowest BCUT2D eigenvalue weighted by Gasteiger charge is -2.27. The van der Waals surface area contributed by atoms with Crippen molar-refractivity contribution in [1.29, 1.82) is 0 Å². The van der Waals surface area contributed by atoms with Crippen LogP contribution in [0.25, 0.3) is 21.7 Å². The molecule has 0 saturated carbocycles. The molecule has 2 heterocycles. The molecular formula is C27H22BrNO5. The Morgan fingerprint density at radius 2 is 1.88 bits per heavy atom. The molecule has 0 aliphatic carbocycles. The lowest BCUT2D eigenvalue weighted by Crippen LogP contribution is -2.32. The fourth-order valence-electron chi connectivity index (χ4n) is 4.57. The van der Waals surface area contributed by atoms with Crippen LogP contribution in [0.15, 0.2) is 87.0 Å². The zero-order valence-corrected chi connectivity index (χ0v) is 20.0. The molecule has 6 nitrogen and oxygen atoms in total. The summed E-state index contributed by atoms with van der Waals surface area (Å²) in [4.78, 5) is 28.4. The van der Waals surface area contributed by atoms with E-state index in [-0.39, 0.29) is 11.3 Å². The molecule has 34 heavy (non-hydrogen) atoms. The lowest BCUT2D eigenvalue weighted by molar-refractivity contribution is -0.129. The zero-order valence-electron chi connectivity index (χ0n) is 18.5. The minimum atomic E-state index is -0.747. The van der Waals surface area contributed by atoms with Crippen LogP contribution in [-0.2, 0) is 9.53 Å². The number of furan rings is 1. The summed E-state index contributed by atoms with van der Waals surface area (Å²) in [7, 11) is 1.60. The summed E-state index contributed by atoms with van der Waals surface area (Å²) in [6.45, 7) is 0.781. The summed E-state index contributed by atoms with van der Waals surface area (Å²) in [6.07, 6.45) is 0.566. The fraction of sp³-hybridized carbons (Fsp3) is 0.185. The van der Waals surface area contributed by atoms with Gasteiger partial charge in [0.05, 0.1) is 11.6 Å². The zero-order chi connectivity index (χ0) is 23.8. The van der Waals surface area contributed by atoms with Gasteiger partial charge in [0, 0.05) is 30.1 Å². The second-order valence-corrected chi connectivity index (χ2v) is 9.12. The van der Waals surface area contributed by atoms with Gasteiger partial charge in [0.2, 0.25) is 5.78 Å². The molecule has 4 aromatic rings. The van der Waals surface area contributed by atoms with Gasteiger partial charge in [-0.15, -0.1) is 0 Å². The lowest BCUT2D eigenvalue weighted by atomic mass is 9.91. The predicted octanol–water partition coefficient (Wildman–Crippen LogP) is 5.96. The number of aliphatic hydroxyl groups excluding tert-OH is 1. The Bertz CT molecular complexity index is 1450. The monoisotopic (exact) mass is 519 g/mol. The van der Waals surface area contributed by atoms with Gasteiger partial charge in [0.1, 0.15) is 5.58 Å². The molecule has 7 heteroatoms. The number of carbonyl (C=O) groups is 2. The Hall–Kier alpha value is -3.42. The van der Waals surface area contributed by atoms with Gasteiger partial charge in [-0.05, 0) is 47.0 Å². The van der Waals surface area contributed by atoms with E-state index in [4.69, 9.17) is 9.15 Å². The molecule has 0 saturated heterocycles. The minimum absolute atomic E-state index is 0.0249. The quantitative estimate of drug-likeness (QED) is 0.240. The van der Waals surface area contributed by atoms with Gasteiger partial charge in [-0.1, -0.05) is 58.4 Å². The molecule has 1 aliphatic heterocycles. The number of rotatable bonds is 7. The summed E-state index contributed by atoms with van der Waals surface area (Å²) in [6, 6.07) is 19.9. The molecule has 1 aromatic heterocycles. The summed E-state index contributed by atoms with van der Waals surface area (Å²) >= 11 is 3.43. The maximum Gasteiger partial charge on any atom is 0.290 e. The maximum absolute atomic E-state index is 13.7. The van der Waals surface area contributed by atoms with Crippen molar-refractivity contribution in [3.8, 4) is 0 Å². The second kappa shape index (κ2) is 9.08. The van der Waals surface area contributed by atoms with Crippen LogP contribution in [0.2, 0.25) is 0 Å². The van der Waals surface area contributed by atoms with E-state index in [1.54, 1.807) is 24.1 Å². The molecule has 0 fully saturated rings. The SMILES string of the molecule is COCCCN1C(=O)C(O)=C(C(=O)c2cc3cc(Br)ccc3o2)C1c1cccc2ccccc12. The highest BCUT2D eigenvalue weighted by Gasteiger charge is 2.44. The molecule has 1 N–H and O–H groups in total. The first-order chi connectivity index (χ1) is 16.5. The van der Waals surface area contributed by atoms with Gasteiger partial charge in [-0.25, -0.2) is 0 Å². The molecule has 5 rings (SSSR count). The number of nitrogens with zero attached hydrogens (tertiary/aromatic N) is 1. The van der Waals surface area contributed by atoms with Crippen LogP contribution >= 0.6 is 15.9 Å². The van der Waals surface area contributed by atoms with Gasteiger partial charge < -0.3 is 19.2 Å². The number of Topliss-reactive ketones (excluding diaryl/α,β-unsaturated/α-hetero) is 1. The highest BCUT2D eigenvalue weighted by Crippen LogP contribution is 2.42. The second-order valence-electron chi connectivity index (χ2n) is 8.20. The molecule has 3 aromatic carbocycles. The Kier molecular flexibility index (Phi) is 5.98.